The number of amides is 1. The molecule has 228 valence electrons. The predicted molar refractivity (Wildman–Crippen MR) is 166 cm³/mol. The molecule has 1 aliphatic heterocycles. The molecule has 4 heterocycles. The second-order valence-electron chi connectivity index (χ2n) is 11.8. The lowest BCUT2D eigenvalue weighted by Gasteiger charge is -2.30. The number of hydrogen-bond donors (Lipinski definition) is 1. The van der Waals surface area contributed by atoms with Crippen LogP contribution in [0.15, 0.2) is 76.6 Å². The van der Waals surface area contributed by atoms with Crippen LogP contribution in [0.3, 0.4) is 0 Å². The lowest BCUT2D eigenvalue weighted by atomic mass is 9.90. The number of aryl methyl sites for hydroxylation is 2. The molecule has 11 heteroatoms. The van der Waals surface area contributed by atoms with Crippen molar-refractivity contribution in [3.05, 3.63) is 111 Å². The Morgan fingerprint density at radius 1 is 0.978 bits per heavy atom. The van der Waals surface area contributed by atoms with Gasteiger partial charge in [0.1, 0.15) is 23.6 Å². The Kier molecular flexibility index (Phi) is 7.44. The molecule has 5 aromatic rings. The van der Waals surface area contributed by atoms with E-state index in [1.807, 2.05) is 29.0 Å². The summed E-state index contributed by atoms with van der Waals surface area (Å²) in [5, 5.41) is 3.09. The third kappa shape index (κ3) is 5.39. The van der Waals surface area contributed by atoms with E-state index in [9.17, 15) is 23.6 Å². The van der Waals surface area contributed by atoms with Gasteiger partial charge in [0.05, 0.1) is 17.3 Å². The zero-order valence-electron chi connectivity index (χ0n) is 24.5. The highest BCUT2D eigenvalue weighted by Gasteiger charge is 2.29. The van der Waals surface area contributed by atoms with Crippen LogP contribution in [-0.4, -0.2) is 41.9 Å². The van der Waals surface area contributed by atoms with E-state index >= 15 is 0 Å². The van der Waals surface area contributed by atoms with E-state index in [0.29, 0.717) is 42.6 Å². The van der Waals surface area contributed by atoms with Crippen LogP contribution in [-0.2, 0) is 13.0 Å². The first-order valence-electron chi connectivity index (χ1n) is 15.3. The Bertz CT molecular complexity index is 2030. The number of hydrogen-bond acceptors (Lipinski definition) is 6. The minimum absolute atomic E-state index is 0.00881. The maximum absolute atomic E-state index is 14.4. The van der Waals surface area contributed by atoms with Crippen molar-refractivity contribution >= 4 is 23.2 Å². The molecule has 1 aliphatic carbocycles. The maximum atomic E-state index is 14.4. The topological polar surface area (TPSA) is 121 Å². The zero-order chi connectivity index (χ0) is 31.1. The van der Waals surface area contributed by atoms with E-state index in [2.05, 4.69) is 15.3 Å². The number of fused-ring (bicyclic) bond motifs is 2. The number of nitrogens with one attached hydrogen (secondary N) is 1. The SMILES string of the molecule is O=Cc1ccc(-c2cccc(-n3c(=O)n(C4CCC(NC(=O)c5cn6c(n5)CCCC6)CC4)c(=O)c4cc(F)cnc43)c2)cc1. The Balaban J connectivity index is 1.19. The third-order valence-corrected chi connectivity index (χ3v) is 8.91. The van der Waals surface area contributed by atoms with Gasteiger partial charge in [-0.3, -0.25) is 19.0 Å². The Hall–Kier alpha value is -5.19. The van der Waals surface area contributed by atoms with Gasteiger partial charge in [-0.2, -0.15) is 0 Å². The van der Waals surface area contributed by atoms with Crippen molar-refractivity contribution in [2.24, 2.45) is 0 Å². The molecule has 1 fully saturated rings. The van der Waals surface area contributed by atoms with Gasteiger partial charge in [-0.1, -0.05) is 36.4 Å². The van der Waals surface area contributed by atoms with E-state index in [1.54, 1.807) is 30.3 Å². The van der Waals surface area contributed by atoms with Gasteiger partial charge in [-0.15, -0.1) is 0 Å². The smallest absolute Gasteiger partial charge is 0.337 e. The van der Waals surface area contributed by atoms with Crippen LogP contribution in [0.5, 0.6) is 0 Å². The van der Waals surface area contributed by atoms with Gasteiger partial charge in [0, 0.05) is 36.8 Å². The molecule has 10 nitrogen and oxygen atoms in total. The summed E-state index contributed by atoms with van der Waals surface area (Å²) in [4.78, 5) is 60.6. The number of carbonyl (C=O) groups excluding carboxylic acids is 2. The number of aromatic nitrogens is 5. The van der Waals surface area contributed by atoms with Crippen molar-refractivity contribution in [3.8, 4) is 16.8 Å². The monoisotopic (exact) mass is 606 g/mol. The number of pyridine rings is 1. The fraction of sp³-hybridized carbons (Fsp3) is 0.294. The summed E-state index contributed by atoms with van der Waals surface area (Å²) in [6.07, 6.45) is 8.71. The van der Waals surface area contributed by atoms with Crippen LogP contribution >= 0.6 is 0 Å². The van der Waals surface area contributed by atoms with E-state index in [1.165, 1.54) is 9.13 Å². The van der Waals surface area contributed by atoms with Gasteiger partial charge >= 0.3 is 5.69 Å². The molecule has 1 N–H and O–H groups in total. The number of aldehydes is 1. The van der Waals surface area contributed by atoms with Gasteiger partial charge in [0.15, 0.2) is 5.65 Å². The summed E-state index contributed by atoms with van der Waals surface area (Å²) in [5.74, 6) is 0.0508. The molecule has 2 aromatic carbocycles. The number of carbonyl (C=O) groups is 2. The molecular weight excluding hydrogens is 575 g/mol. The average Bonchev–Trinajstić information content (AvgIpc) is 3.51. The Morgan fingerprint density at radius 2 is 1.78 bits per heavy atom. The van der Waals surface area contributed by atoms with Crippen molar-refractivity contribution in [1.82, 2.24) is 29.0 Å². The van der Waals surface area contributed by atoms with Crippen molar-refractivity contribution < 1.29 is 14.0 Å². The first-order valence-corrected chi connectivity index (χ1v) is 15.3. The number of imidazole rings is 1. The molecule has 0 spiro atoms. The molecule has 0 bridgehead atoms. The fourth-order valence-corrected chi connectivity index (χ4v) is 6.58. The van der Waals surface area contributed by atoms with Gasteiger partial charge < -0.3 is 9.88 Å². The molecule has 2 aliphatic rings. The largest absolute Gasteiger partial charge is 0.348 e. The second kappa shape index (κ2) is 11.7. The van der Waals surface area contributed by atoms with E-state index < -0.39 is 23.1 Å². The average molecular weight is 607 g/mol. The normalized spacial score (nSPS) is 18.0. The standard InChI is InChI=1S/C34H31FN6O4/c35-24-17-28-31(36-18-24)40(27-5-3-4-23(16-27)22-9-7-21(20-42)8-10-22)34(45)41(33(28)44)26-13-11-25(12-14-26)37-32(43)29-19-39-15-2-1-6-30(39)38-29/h3-5,7-10,16-20,25-26H,1-2,6,11-15H2,(H,37,43). The van der Waals surface area contributed by atoms with E-state index in [-0.39, 0.29) is 23.0 Å². The summed E-state index contributed by atoms with van der Waals surface area (Å²) in [5.41, 5.74) is 1.98. The van der Waals surface area contributed by atoms with Gasteiger partial charge in [0.25, 0.3) is 11.5 Å². The van der Waals surface area contributed by atoms with Crippen molar-refractivity contribution in [2.45, 2.75) is 63.6 Å². The van der Waals surface area contributed by atoms with Crippen LogP contribution in [0.2, 0.25) is 0 Å². The van der Waals surface area contributed by atoms with Crippen LogP contribution in [0, 0.1) is 5.82 Å². The lowest BCUT2D eigenvalue weighted by molar-refractivity contribution is 0.0917. The maximum Gasteiger partial charge on any atom is 0.337 e. The van der Waals surface area contributed by atoms with E-state index in [0.717, 1.165) is 61.3 Å². The van der Waals surface area contributed by atoms with E-state index in [4.69, 9.17) is 0 Å². The minimum Gasteiger partial charge on any atom is -0.348 e. The number of benzene rings is 2. The molecule has 0 unspecified atom stereocenters. The Labute approximate surface area is 257 Å². The number of rotatable bonds is 6. The first-order chi connectivity index (χ1) is 21.9. The lowest BCUT2D eigenvalue weighted by Crippen LogP contribution is -2.45. The number of nitrogens with zero attached hydrogens (tertiary/aromatic N) is 5. The summed E-state index contributed by atoms with van der Waals surface area (Å²) < 4.78 is 19.0. The molecular formula is C34H31FN6O4. The summed E-state index contributed by atoms with van der Waals surface area (Å²) in [6, 6.07) is 14.8. The highest BCUT2D eigenvalue weighted by molar-refractivity contribution is 5.92. The molecule has 0 saturated heterocycles. The molecule has 0 radical (unpaired) electrons. The quantitative estimate of drug-likeness (QED) is 0.282. The molecule has 3 aromatic heterocycles. The van der Waals surface area contributed by atoms with Crippen molar-refractivity contribution in [2.75, 3.05) is 0 Å². The third-order valence-electron chi connectivity index (χ3n) is 8.91. The number of halogens is 1. The summed E-state index contributed by atoms with van der Waals surface area (Å²) in [6.45, 7) is 0.872. The molecule has 45 heavy (non-hydrogen) atoms. The zero-order valence-corrected chi connectivity index (χ0v) is 24.5. The van der Waals surface area contributed by atoms with Crippen molar-refractivity contribution in [3.63, 3.8) is 0 Å². The highest BCUT2D eigenvalue weighted by Crippen LogP contribution is 2.28. The van der Waals surface area contributed by atoms with Crippen LogP contribution in [0.4, 0.5) is 4.39 Å². The van der Waals surface area contributed by atoms with Crippen molar-refractivity contribution in [1.29, 1.82) is 0 Å². The van der Waals surface area contributed by atoms with Gasteiger partial charge in [-0.25, -0.2) is 23.7 Å². The van der Waals surface area contributed by atoms with Gasteiger partial charge in [-0.05, 0) is 67.9 Å². The summed E-state index contributed by atoms with van der Waals surface area (Å²) in [7, 11) is 0. The first kappa shape index (κ1) is 28.6. The molecule has 7 rings (SSSR count). The molecule has 1 amide bonds. The Morgan fingerprint density at radius 3 is 2.53 bits per heavy atom. The predicted octanol–water partition coefficient (Wildman–Crippen LogP) is 4.61. The fourth-order valence-electron chi connectivity index (χ4n) is 6.58. The second-order valence-corrected chi connectivity index (χ2v) is 11.8. The van der Waals surface area contributed by atoms with Crippen LogP contribution in [0.1, 0.15) is 71.2 Å². The summed E-state index contributed by atoms with van der Waals surface area (Å²) >= 11 is 0. The van der Waals surface area contributed by atoms with Crippen LogP contribution in [0.25, 0.3) is 27.8 Å². The highest BCUT2D eigenvalue weighted by atomic mass is 19.1. The molecule has 0 atom stereocenters. The van der Waals surface area contributed by atoms with Gasteiger partial charge in [0.2, 0.25) is 0 Å². The van der Waals surface area contributed by atoms with Crippen LogP contribution < -0.4 is 16.6 Å². The minimum atomic E-state index is -0.673. The molecule has 1 saturated carbocycles.